The zero-order chi connectivity index (χ0) is 21.5. The number of hydrogen-bond acceptors (Lipinski definition) is 7. The van der Waals surface area contributed by atoms with Gasteiger partial charge in [0.2, 0.25) is 5.69 Å². The summed E-state index contributed by atoms with van der Waals surface area (Å²) in [6, 6.07) is 7.49. The van der Waals surface area contributed by atoms with Gasteiger partial charge in [0.05, 0.1) is 12.3 Å². The standard InChI is InChI=1S/C21H26N8O/c1-14-11-18(25-19-12-15(2)27-28-19)26-21(20(14)22-3)24-9-10-30-17-7-6-8-23-16(17)13-29(4)5/h6-8,11-12H,9-10,13H2,1-2,4-5H3,(H3,24,25,26,27,28). The molecule has 0 saturated carbocycles. The van der Waals surface area contributed by atoms with Gasteiger partial charge in [-0.1, -0.05) is 0 Å². The van der Waals surface area contributed by atoms with E-state index >= 15 is 0 Å². The number of hydrogen-bond donors (Lipinski definition) is 3. The van der Waals surface area contributed by atoms with Gasteiger partial charge in [0, 0.05) is 31.0 Å². The Kier molecular flexibility index (Phi) is 6.83. The number of aromatic amines is 1. The van der Waals surface area contributed by atoms with E-state index in [0.717, 1.165) is 22.7 Å². The van der Waals surface area contributed by atoms with Gasteiger partial charge < -0.3 is 20.3 Å². The van der Waals surface area contributed by atoms with Crippen LogP contribution in [0, 0.1) is 20.4 Å². The van der Waals surface area contributed by atoms with Crippen LogP contribution in [-0.4, -0.2) is 52.3 Å². The fourth-order valence-corrected chi connectivity index (χ4v) is 2.91. The Balaban J connectivity index is 1.65. The average molecular weight is 406 g/mol. The Morgan fingerprint density at radius 3 is 2.77 bits per heavy atom. The van der Waals surface area contributed by atoms with E-state index in [9.17, 15) is 0 Å². The van der Waals surface area contributed by atoms with Crippen LogP contribution in [0.15, 0.2) is 30.5 Å². The van der Waals surface area contributed by atoms with Crippen molar-refractivity contribution in [2.75, 3.05) is 37.9 Å². The van der Waals surface area contributed by atoms with Crippen LogP contribution in [-0.2, 0) is 6.54 Å². The van der Waals surface area contributed by atoms with Gasteiger partial charge in [-0.15, -0.1) is 0 Å². The third-order valence-electron chi connectivity index (χ3n) is 4.22. The summed E-state index contributed by atoms with van der Waals surface area (Å²) in [5.41, 5.74) is 3.16. The largest absolute Gasteiger partial charge is 0.490 e. The molecule has 3 aromatic heterocycles. The SMILES string of the molecule is [C-]#[N+]c1c(C)cc(Nc2cc(C)[nH]n2)nc1NCCOc1cccnc1CN(C)C. The molecule has 0 amide bonds. The Labute approximate surface area is 176 Å². The van der Waals surface area contributed by atoms with E-state index in [0.29, 0.717) is 42.8 Å². The average Bonchev–Trinajstić information content (AvgIpc) is 3.10. The molecule has 0 aliphatic heterocycles. The maximum atomic E-state index is 7.49. The van der Waals surface area contributed by atoms with Crippen LogP contribution in [0.25, 0.3) is 4.85 Å². The van der Waals surface area contributed by atoms with Crippen molar-refractivity contribution in [3.8, 4) is 5.75 Å². The van der Waals surface area contributed by atoms with Crippen LogP contribution in [0.1, 0.15) is 17.0 Å². The minimum atomic E-state index is 0.417. The Morgan fingerprint density at radius 2 is 2.07 bits per heavy atom. The molecule has 3 aromatic rings. The van der Waals surface area contributed by atoms with Crippen molar-refractivity contribution in [3.63, 3.8) is 0 Å². The Bertz CT molecular complexity index is 1040. The highest BCUT2D eigenvalue weighted by molar-refractivity contribution is 5.73. The van der Waals surface area contributed by atoms with Crippen molar-refractivity contribution in [1.82, 2.24) is 25.1 Å². The molecular formula is C21H26N8O. The maximum absolute atomic E-state index is 7.49. The lowest BCUT2D eigenvalue weighted by Gasteiger charge is -2.15. The van der Waals surface area contributed by atoms with Crippen LogP contribution in [0.2, 0.25) is 0 Å². The molecule has 0 aliphatic carbocycles. The van der Waals surface area contributed by atoms with Crippen molar-refractivity contribution in [3.05, 3.63) is 58.8 Å². The van der Waals surface area contributed by atoms with Gasteiger partial charge in [-0.2, -0.15) is 5.10 Å². The Morgan fingerprint density at radius 1 is 1.23 bits per heavy atom. The van der Waals surface area contributed by atoms with Gasteiger partial charge in [-0.25, -0.2) is 9.83 Å². The number of anilines is 3. The first-order valence-electron chi connectivity index (χ1n) is 9.59. The highest BCUT2D eigenvalue weighted by atomic mass is 16.5. The van der Waals surface area contributed by atoms with E-state index in [1.165, 1.54) is 0 Å². The normalized spacial score (nSPS) is 10.7. The van der Waals surface area contributed by atoms with Gasteiger partial charge in [-0.3, -0.25) is 10.1 Å². The fraction of sp³-hybridized carbons (Fsp3) is 0.333. The zero-order valence-electron chi connectivity index (χ0n) is 17.7. The molecule has 0 radical (unpaired) electrons. The molecule has 0 unspecified atom stereocenters. The molecule has 3 N–H and O–H groups in total. The van der Waals surface area contributed by atoms with Crippen LogP contribution >= 0.6 is 0 Å². The molecule has 0 bridgehead atoms. The number of aromatic nitrogens is 4. The lowest BCUT2D eigenvalue weighted by atomic mass is 10.2. The molecule has 9 nitrogen and oxygen atoms in total. The predicted molar refractivity (Wildman–Crippen MR) is 117 cm³/mol. The van der Waals surface area contributed by atoms with Crippen LogP contribution in [0.3, 0.4) is 0 Å². The molecule has 0 aliphatic rings. The van der Waals surface area contributed by atoms with Crippen LogP contribution in [0.5, 0.6) is 5.75 Å². The molecule has 156 valence electrons. The second-order valence-electron chi connectivity index (χ2n) is 7.16. The summed E-state index contributed by atoms with van der Waals surface area (Å²) in [4.78, 5) is 14.6. The molecule has 0 fully saturated rings. The molecule has 0 spiro atoms. The fourth-order valence-electron chi connectivity index (χ4n) is 2.91. The third-order valence-corrected chi connectivity index (χ3v) is 4.22. The van der Waals surface area contributed by atoms with Gasteiger partial charge >= 0.3 is 0 Å². The first kappa shape index (κ1) is 21.1. The molecular weight excluding hydrogens is 380 g/mol. The van der Waals surface area contributed by atoms with E-state index in [1.807, 2.05) is 57.1 Å². The van der Waals surface area contributed by atoms with E-state index in [4.69, 9.17) is 11.3 Å². The molecule has 3 rings (SSSR count). The van der Waals surface area contributed by atoms with Gasteiger partial charge in [0.1, 0.15) is 24.0 Å². The topological polar surface area (TPSA) is 95.3 Å². The molecule has 0 aromatic carbocycles. The van der Waals surface area contributed by atoms with Crippen molar-refractivity contribution in [2.24, 2.45) is 0 Å². The molecule has 3 heterocycles. The second kappa shape index (κ2) is 9.71. The maximum Gasteiger partial charge on any atom is 0.231 e. The number of nitrogens with one attached hydrogen (secondary N) is 3. The number of H-pyrrole nitrogens is 1. The number of pyridine rings is 2. The molecule has 0 atom stereocenters. The molecule has 0 saturated heterocycles. The van der Waals surface area contributed by atoms with Crippen molar-refractivity contribution in [2.45, 2.75) is 20.4 Å². The van der Waals surface area contributed by atoms with E-state index in [1.54, 1.807) is 6.20 Å². The number of aryl methyl sites for hydroxylation is 2. The summed E-state index contributed by atoms with van der Waals surface area (Å²) in [7, 11) is 3.98. The van der Waals surface area contributed by atoms with Crippen molar-refractivity contribution in [1.29, 1.82) is 0 Å². The van der Waals surface area contributed by atoms with E-state index in [2.05, 4.69) is 35.6 Å². The number of ether oxygens (including phenoxy) is 1. The summed E-state index contributed by atoms with van der Waals surface area (Å²) in [6.07, 6.45) is 1.76. The first-order chi connectivity index (χ1) is 14.5. The Hall–Kier alpha value is -3.64. The third kappa shape index (κ3) is 5.46. The summed E-state index contributed by atoms with van der Waals surface area (Å²) in [6.45, 7) is 12.9. The van der Waals surface area contributed by atoms with Crippen LogP contribution < -0.4 is 15.4 Å². The lowest BCUT2D eigenvalue weighted by molar-refractivity contribution is 0.315. The monoisotopic (exact) mass is 406 g/mol. The highest BCUT2D eigenvalue weighted by Gasteiger charge is 2.12. The minimum absolute atomic E-state index is 0.417. The highest BCUT2D eigenvalue weighted by Crippen LogP contribution is 2.30. The summed E-state index contributed by atoms with van der Waals surface area (Å²) in [5.74, 6) is 2.57. The van der Waals surface area contributed by atoms with E-state index in [-0.39, 0.29) is 0 Å². The number of rotatable bonds is 9. The van der Waals surface area contributed by atoms with Gasteiger partial charge in [0.15, 0.2) is 5.82 Å². The van der Waals surface area contributed by atoms with Gasteiger partial charge in [-0.05, 0) is 51.7 Å². The molecule has 9 heteroatoms. The summed E-state index contributed by atoms with van der Waals surface area (Å²) >= 11 is 0. The summed E-state index contributed by atoms with van der Waals surface area (Å²) < 4.78 is 5.91. The quantitative estimate of drug-likeness (QED) is 0.369. The van der Waals surface area contributed by atoms with Crippen molar-refractivity contribution < 1.29 is 4.74 Å². The lowest BCUT2D eigenvalue weighted by Crippen LogP contribution is -2.16. The van der Waals surface area contributed by atoms with Crippen LogP contribution in [0.4, 0.5) is 23.1 Å². The predicted octanol–water partition coefficient (Wildman–Crippen LogP) is 3.66. The van der Waals surface area contributed by atoms with Crippen molar-refractivity contribution >= 4 is 23.1 Å². The summed E-state index contributed by atoms with van der Waals surface area (Å²) in [5, 5.41) is 13.4. The second-order valence-corrected chi connectivity index (χ2v) is 7.16. The van der Waals surface area contributed by atoms with Gasteiger partial charge in [0.25, 0.3) is 0 Å². The minimum Gasteiger partial charge on any atom is -0.490 e. The van der Waals surface area contributed by atoms with E-state index < -0.39 is 0 Å². The first-order valence-corrected chi connectivity index (χ1v) is 9.59. The molecule has 30 heavy (non-hydrogen) atoms. The number of nitrogens with zero attached hydrogens (tertiary/aromatic N) is 5. The smallest absolute Gasteiger partial charge is 0.231 e. The zero-order valence-corrected chi connectivity index (χ0v) is 17.7.